The van der Waals surface area contributed by atoms with Crippen LogP contribution in [0.2, 0.25) is 0 Å². The minimum absolute atomic E-state index is 0.0329. The van der Waals surface area contributed by atoms with Crippen molar-refractivity contribution in [3.63, 3.8) is 0 Å². The molecule has 34 heavy (non-hydrogen) atoms. The largest absolute Gasteiger partial charge is 0.471 e. The molecule has 186 valence electrons. The fourth-order valence-corrected chi connectivity index (χ4v) is 4.99. The molecule has 4 N–H and O–H groups in total. The molecule has 1 aromatic rings. The predicted octanol–water partition coefficient (Wildman–Crippen LogP) is 2.35. The van der Waals surface area contributed by atoms with Crippen molar-refractivity contribution in [2.75, 3.05) is 13.1 Å². The average Bonchev–Trinajstić information content (AvgIpc) is 3.01. The van der Waals surface area contributed by atoms with Crippen LogP contribution in [0.4, 0.5) is 22.4 Å². The van der Waals surface area contributed by atoms with Gasteiger partial charge in [-0.25, -0.2) is 9.18 Å². The molecule has 3 atom stereocenters. The first-order valence-corrected chi connectivity index (χ1v) is 11.2. The molecule has 12 heteroatoms. The Balaban J connectivity index is 1.51. The van der Waals surface area contributed by atoms with Gasteiger partial charge in [0.1, 0.15) is 17.7 Å². The van der Waals surface area contributed by atoms with E-state index >= 15 is 0 Å². The van der Waals surface area contributed by atoms with E-state index in [1.54, 1.807) is 13.0 Å². The van der Waals surface area contributed by atoms with Gasteiger partial charge in [-0.2, -0.15) is 13.2 Å². The maximum atomic E-state index is 13.1. The zero-order chi connectivity index (χ0) is 24.8. The van der Waals surface area contributed by atoms with Gasteiger partial charge < -0.3 is 20.6 Å². The molecular weight excluding hydrogens is 458 g/mol. The summed E-state index contributed by atoms with van der Waals surface area (Å²) in [7, 11) is 0. The van der Waals surface area contributed by atoms with Gasteiger partial charge in [0.25, 0.3) is 0 Å². The van der Waals surface area contributed by atoms with Gasteiger partial charge in [0.15, 0.2) is 0 Å². The molecule has 2 unspecified atom stereocenters. The minimum Gasteiger partial charge on any atom is -0.372 e. The van der Waals surface area contributed by atoms with Crippen molar-refractivity contribution in [2.24, 2.45) is 0 Å². The number of rotatable bonds is 3. The monoisotopic (exact) mass is 485 g/mol. The smallest absolute Gasteiger partial charge is 0.372 e. The second-order valence-electron chi connectivity index (χ2n) is 9.26. The number of amidine groups is 1. The fraction of sp³-hybridized carbons (Fsp3) is 0.591. The van der Waals surface area contributed by atoms with E-state index in [1.165, 1.54) is 22.3 Å². The summed E-state index contributed by atoms with van der Waals surface area (Å²) in [4.78, 5) is 26.9. The Morgan fingerprint density at radius 3 is 2.53 bits per heavy atom. The maximum Gasteiger partial charge on any atom is 0.471 e. The van der Waals surface area contributed by atoms with Crippen LogP contribution >= 0.6 is 0 Å². The molecular formula is C22H27F4N5O3. The van der Waals surface area contributed by atoms with E-state index in [0.717, 1.165) is 18.4 Å². The quantitative estimate of drug-likeness (QED) is 0.299. The number of fused-ring (bicyclic) bond motifs is 1. The highest BCUT2D eigenvalue weighted by Gasteiger charge is 2.47. The summed E-state index contributed by atoms with van der Waals surface area (Å²) in [5.74, 6) is -2.96. The summed E-state index contributed by atoms with van der Waals surface area (Å²) in [5, 5.41) is 23.8. The number of nitrogens with one attached hydrogen (secondary N) is 3. The molecule has 1 saturated carbocycles. The van der Waals surface area contributed by atoms with Crippen LogP contribution in [0.5, 0.6) is 0 Å². The number of hydrogen-bond acceptors (Lipinski definition) is 5. The van der Waals surface area contributed by atoms with Crippen LogP contribution in [0.15, 0.2) is 18.2 Å². The van der Waals surface area contributed by atoms with Crippen LogP contribution < -0.4 is 10.6 Å². The Morgan fingerprint density at radius 2 is 1.88 bits per heavy atom. The number of benzene rings is 1. The fourth-order valence-electron chi connectivity index (χ4n) is 4.99. The average molecular weight is 485 g/mol. The highest BCUT2D eigenvalue weighted by atomic mass is 19.4. The van der Waals surface area contributed by atoms with Crippen LogP contribution in [-0.4, -0.2) is 70.2 Å². The molecule has 1 saturated heterocycles. The molecule has 0 bridgehead atoms. The molecule has 1 aliphatic carbocycles. The topological polar surface area (TPSA) is 109 Å². The van der Waals surface area contributed by atoms with E-state index in [1.807, 2.05) is 4.90 Å². The minimum atomic E-state index is -5.12. The number of likely N-dealkylation sites (tertiary alicyclic amines) is 1. The van der Waals surface area contributed by atoms with Crippen LogP contribution in [0.1, 0.15) is 49.3 Å². The van der Waals surface area contributed by atoms with E-state index in [4.69, 9.17) is 5.41 Å². The summed E-state index contributed by atoms with van der Waals surface area (Å²) >= 11 is 0. The van der Waals surface area contributed by atoms with Crippen molar-refractivity contribution in [1.29, 1.82) is 5.41 Å². The van der Waals surface area contributed by atoms with Crippen LogP contribution in [0.25, 0.3) is 0 Å². The van der Waals surface area contributed by atoms with Crippen molar-refractivity contribution in [3.05, 3.63) is 34.9 Å². The van der Waals surface area contributed by atoms with Gasteiger partial charge in [-0.05, 0) is 31.4 Å². The summed E-state index contributed by atoms with van der Waals surface area (Å²) in [6, 6.07) is 3.64. The van der Waals surface area contributed by atoms with Gasteiger partial charge in [0.05, 0.1) is 13.1 Å². The van der Waals surface area contributed by atoms with Crippen molar-refractivity contribution in [3.8, 4) is 0 Å². The van der Waals surface area contributed by atoms with Gasteiger partial charge in [0, 0.05) is 29.8 Å². The Hall–Kier alpha value is -2.73. The zero-order valence-corrected chi connectivity index (χ0v) is 18.6. The Labute approximate surface area is 193 Å². The lowest BCUT2D eigenvalue weighted by Crippen LogP contribution is -2.61. The van der Waals surface area contributed by atoms with E-state index in [-0.39, 0.29) is 36.8 Å². The first-order valence-electron chi connectivity index (χ1n) is 11.2. The van der Waals surface area contributed by atoms with Gasteiger partial charge in [0.2, 0.25) is 0 Å². The Morgan fingerprint density at radius 1 is 1.21 bits per heavy atom. The van der Waals surface area contributed by atoms with Crippen molar-refractivity contribution in [1.82, 2.24) is 20.4 Å². The van der Waals surface area contributed by atoms with Crippen LogP contribution in [0, 0.1) is 5.41 Å². The highest BCUT2D eigenvalue weighted by Crippen LogP contribution is 2.42. The van der Waals surface area contributed by atoms with E-state index < -0.39 is 29.8 Å². The Kier molecular flexibility index (Phi) is 6.32. The lowest BCUT2D eigenvalue weighted by molar-refractivity contribution is -0.171. The predicted molar refractivity (Wildman–Crippen MR) is 114 cm³/mol. The zero-order valence-electron chi connectivity index (χ0n) is 18.6. The maximum absolute atomic E-state index is 13.1. The highest BCUT2D eigenvalue weighted by molar-refractivity contribution is 6.07. The summed E-state index contributed by atoms with van der Waals surface area (Å²) < 4.78 is 50.8. The van der Waals surface area contributed by atoms with Gasteiger partial charge in [-0.15, -0.1) is 0 Å². The molecule has 2 aliphatic heterocycles. The lowest BCUT2D eigenvalue weighted by atomic mass is 9.88. The third-order valence-electron chi connectivity index (χ3n) is 6.87. The number of carbonyl (C=O) groups is 2. The molecule has 4 rings (SSSR count). The van der Waals surface area contributed by atoms with E-state index in [9.17, 15) is 32.3 Å². The summed E-state index contributed by atoms with van der Waals surface area (Å²) in [6.07, 6.45) is -2.91. The number of nitrogens with zero attached hydrogens (tertiary/aromatic N) is 2. The number of amides is 3. The van der Waals surface area contributed by atoms with E-state index in [0.29, 0.717) is 24.9 Å². The number of hydrogen-bond donors (Lipinski definition) is 4. The van der Waals surface area contributed by atoms with Crippen molar-refractivity contribution < 1.29 is 32.3 Å². The molecule has 0 aromatic heterocycles. The third-order valence-corrected chi connectivity index (χ3v) is 6.87. The van der Waals surface area contributed by atoms with Crippen LogP contribution in [-0.2, 0) is 17.1 Å². The number of halogens is 4. The van der Waals surface area contributed by atoms with Crippen LogP contribution in [0.3, 0.4) is 0 Å². The van der Waals surface area contributed by atoms with Gasteiger partial charge in [-0.1, -0.05) is 25.0 Å². The van der Waals surface area contributed by atoms with E-state index in [2.05, 4.69) is 5.32 Å². The standard InChI is InChI=1S/C22H27F4N5O3/c1-21(34)15-8-12(18(27)29-19(32)22(24,25)26)6-7-13(15)9-31(21)17-5-3-2-4-16(17)28-20(33)30-10-14(23)11-30/h6-8,14,16-17,34H,2-5,9-11H2,1H3,(H,28,33)(H2,27,29,32)/t16-,17?,21?/m1/s1. The Bertz CT molecular complexity index is 993. The van der Waals surface area contributed by atoms with Gasteiger partial charge in [-0.3, -0.25) is 15.1 Å². The molecule has 0 spiro atoms. The first-order chi connectivity index (χ1) is 15.9. The first kappa shape index (κ1) is 24.4. The number of urea groups is 1. The second-order valence-corrected chi connectivity index (χ2v) is 9.26. The number of carbonyl (C=O) groups excluding carboxylic acids is 2. The molecule has 8 nitrogen and oxygen atoms in total. The second kappa shape index (κ2) is 8.81. The van der Waals surface area contributed by atoms with Gasteiger partial charge >= 0.3 is 18.1 Å². The molecule has 3 amide bonds. The normalized spacial score (nSPS) is 27.6. The molecule has 3 aliphatic rings. The molecule has 0 radical (unpaired) electrons. The summed E-state index contributed by atoms with van der Waals surface area (Å²) in [6.45, 7) is 2.04. The summed E-state index contributed by atoms with van der Waals surface area (Å²) in [5.41, 5.74) is -0.312. The molecule has 2 fully saturated rings. The SMILES string of the molecule is CC1(O)c2cc(C(=N)NC(=O)C(F)(F)F)ccc2CN1C1CCCC[C@H]1NC(=O)N1CC(F)C1. The molecule has 1 aromatic carbocycles. The number of aliphatic hydroxyl groups is 1. The lowest BCUT2D eigenvalue weighted by Gasteiger charge is -2.45. The van der Waals surface area contributed by atoms with Crippen molar-refractivity contribution in [2.45, 2.75) is 69.3 Å². The third kappa shape index (κ3) is 4.61. The number of alkyl halides is 4. The van der Waals surface area contributed by atoms with Crippen molar-refractivity contribution >= 4 is 17.8 Å². The molecule has 2 heterocycles.